The maximum atomic E-state index is 13.3. The van der Waals surface area contributed by atoms with Gasteiger partial charge in [0.05, 0.1) is 11.8 Å². The van der Waals surface area contributed by atoms with Crippen LogP contribution in [0, 0.1) is 11.8 Å². The fourth-order valence-corrected chi connectivity index (χ4v) is 5.34. The number of thioether (sulfide) groups is 1. The molecule has 0 bridgehead atoms. The number of anilines is 1. The quantitative estimate of drug-likeness (QED) is 0.730. The molecule has 0 saturated carbocycles. The molecule has 2 fully saturated rings. The standard InChI is InChI=1S/C20H25N3O3S/c1-3-4-10-23-17(24)15-14(9-11-27-2)22-20(16(15)18(23)25)12-7-5-6-8-13(12)21-19(20)26/h5-8,14-16,22H,3-4,9-11H2,1-2H3,(H,21,26). The van der Waals surface area contributed by atoms with E-state index in [1.165, 1.54) is 4.90 Å². The SMILES string of the molecule is CCCCN1C(=O)C2C(CCSC)NC3(C(=O)Nc4ccccc43)C2C1=O. The van der Waals surface area contributed by atoms with Crippen LogP contribution in [0.5, 0.6) is 0 Å². The van der Waals surface area contributed by atoms with E-state index in [2.05, 4.69) is 10.6 Å². The van der Waals surface area contributed by atoms with Crippen LogP contribution in [0.25, 0.3) is 0 Å². The van der Waals surface area contributed by atoms with Crippen molar-refractivity contribution in [1.29, 1.82) is 0 Å². The molecule has 2 N–H and O–H groups in total. The first kappa shape index (κ1) is 18.5. The van der Waals surface area contributed by atoms with Gasteiger partial charge in [0.15, 0.2) is 0 Å². The van der Waals surface area contributed by atoms with Crippen molar-refractivity contribution in [3.8, 4) is 0 Å². The summed E-state index contributed by atoms with van der Waals surface area (Å²) in [4.78, 5) is 41.0. The van der Waals surface area contributed by atoms with E-state index in [0.717, 1.165) is 36.3 Å². The van der Waals surface area contributed by atoms with Crippen molar-refractivity contribution in [1.82, 2.24) is 10.2 Å². The molecule has 4 rings (SSSR count). The van der Waals surface area contributed by atoms with Gasteiger partial charge in [0.2, 0.25) is 17.7 Å². The van der Waals surface area contributed by atoms with Crippen LogP contribution in [0.1, 0.15) is 31.7 Å². The first-order chi connectivity index (χ1) is 13.1. The zero-order chi connectivity index (χ0) is 19.2. The van der Waals surface area contributed by atoms with Crippen molar-refractivity contribution in [2.24, 2.45) is 11.8 Å². The molecule has 2 saturated heterocycles. The van der Waals surface area contributed by atoms with E-state index < -0.39 is 17.4 Å². The predicted octanol–water partition coefficient (Wildman–Crippen LogP) is 1.96. The smallest absolute Gasteiger partial charge is 0.250 e. The highest BCUT2D eigenvalue weighted by Crippen LogP contribution is 2.53. The Kier molecular flexibility index (Phi) is 4.76. The summed E-state index contributed by atoms with van der Waals surface area (Å²) in [5, 5.41) is 6.38. The third-order valence-electron chi connectivity index (χ3n) is 6.08. The molecule has 0 aromatic heterocycles. The first-order valence-corrected chi connectivity index (χ1v) is 11.0. The van der Waals surface area contributed by atoms with Crippen LogP contribution in [0.3, 0.4) is 0 Å². The molecule has 4 atom stereocenters. The van der Waals surface area contributed by atoms with Crippen LogP contribution in [0.4, 0.5) is 5.69 Å². The van der Waals surface area contributed by atoms with Crippen molar-refractivity contribution < 1.29 is 14.4 Å². The summed E-state index contributed by atoms with van der Waals surface area (Å²) in [6.07, 6.45) is 4.47. The summed E-state index contributed by atoms with van der Waals surface area (Å²) in [7, 11) is 0. The maximum absolute atomic E-state index is 13.3. The lowest BCUT2D eigenvalue weighted by Gasteiger charge is -2.29. The van der Waals surface area contributed by atoms with Gasteiger partial charge in [-0.2, -0.15) is 11.8 Å². The van der Waals surface area contributed by atoms with Crippen LogP contribution in [-0.2, 0) is 19.9 Å². The van der Waals surface area contributed by atoms with Crippen LogP contribution in [0.15, 0.2) is 24.3 Å². The van der Waals surface area contributed by atoms with E-state index in [-0.39, 0.29) is 23.8 Å². The highest BCUT2D eigenvalue weighted by atomic mass is 32.2. The van der Waals surface area contributed by atoms with E-state index in [1.807, 2.05) is 37.4 Å². The van der Waals surface area contributed by atoms with Gasteiger partial charge in [-0.05, 0) is 30.9 Å². The van der Waals surface area contributed by atoms with Crippen molar-refractivity contribution in [3.63, 3.8) is 0 Å². The average Bonchev–Trinajstić information content (AvgIpc) is 3.24. The summed E-state index contributed by atoms with van der Waals surface area (Å²) in [5.74, 6) is -0.813. The lowest BCUT2D eigenvalue weighted by molar-refractivity contribution is -0.142. The largest absolute Gasteiger partial charge is 0.324 e. The molecule has 7 heteroatoms. The molecule has 6 nitrogen and oxygen atoms in total. The number of rotatable bonds is 6. The summed E-state index contributed by atoms with van der Waals surface area (Å²) < 4.78 is 0. The molecule has 3 aliphatic heterocycles. The topological polar surface area (TPSA) is 78.5 Å². The Balaban J connectivity index is 1.79. The molecule has 3 heterocycles. The summed E-state index contributed by atoms with van der Waals surface area (Å²) in [5.41, 5.74) is 0.375. The fourth-order valence-electron chi connectivity index (χ4n) is 4.85. The number of fused-ring (bicyclic) bond motifs is 4. The molecule has 1 aromatic carbocycles. The Morgan fingerprint density at radius 1 is 1.19 bits per heavy atom. The Morgan fingerprint density at radius 2 is 1.96 bits per heavy atom. The molecule has 27 heavy (non-hydrogen) atoms. The zero-order valence-electron chi connectivity index (χ0n) is 15.7. The van der Waals surface area contributed by atoms with Crippen LogP contribution in [0.2, 0.25) is 0 Å². The lowest BCUT2D eigenvalue weighted by Crippen LogP contribution is -2.53. The van der Waals surface area contributed by atoms with Gasteiger partial charge in [-0.1, -0.05) is 31.5 Å². The molecule has 0 aliphatic carbocycles. The van der Waals surface area contributed by atoms with Crippen molar-refractivity contribution in [2.75, 3.05) is 23.9 Å². The van der Waals surface area contributed by atoms with E-state index >= 15 is 0 Å². The maximum Gasteiger partial charge on any atom is 0.250 e. The fraction of sp³-hybridized carbons (Fsp3) is 0.550. The Hall–Kier alpha value is -1.86. The molecule has 4 unspecified atom stereocenters. The van der Waals surface area contributed by atoms with Gasteiger partial charge in [-0.25, -0.2) is 0 Å². The van der Waals surface area contributed by atoms with Gasteiger partial charge in [-0.3, -0.25) is 24.6 Å². The van der Waals surface area contributed by atoms with E-state index in [0.29, 0.717) is 6.54 Å². The van der Waals surface area contributed by atoms with Crippen molar-refractivity contribution in [2.45, 2.75) is 37.8 Å². The summed E-state index contributed by atoms with van der Waals surface area (Å²) >= 11 is 1.71. The van der Waals surface area contributed by atoms with Gasteiger partial charge in [-0.15, -0.1) is 0 Å². The number of likely N-dealkylation sites (tertiary alicyclic amines) is 1. The van der Waals surface area contributed by atoms with Gasteiger partial charge >= 0.3 is 0 Å². The van der Waals surface area contributed by atoms with Gasteiger partial charge < -0.3 is 5.32 Å². The normalized spacial score (nSPS) is 31.6. The number of hydrogen-bond acceptors (Lipinski definition) is 5. The molecule has 3 amide bonds. The number of imide groups is 1. The minimum atomic E-state index is -1.14. The number of unbranched alkanes of at least 4 members (excludes halogenated alkanes) is 1. The second-order valence-corrected chi connectivity index (χ2v) is 8.51. The summed E-state index contributed by atoms with van der Waals surface area (Å²) in [6, 6.07) is 7.31. The number of nitrogens with one attached hydrogen (secondary N) is 2. The van der Waals surface area contributed by atoms with E-state index in [9.17, 15) is 14.4 Å². The highest BCUT2D eigenvalue weighted by molar-refractivity contribution is 7.98. The lowest BCUT2D eigenvalue weighted by atomic mass is 9.76. The molecular formula is C20H25N3O3S. The number of benzene rings is 1. The highest BCUT2D eigenvalue weighted by Gasteiger charge is 2.70. The van der Waals surface area contributed by atoms with E-state index in [4.69, 9.17) is 0 Å². The third kappa shape index (κ3) is 2.55. The van der Waals surface area contributed by atoms with Gasteiger partial charge in [0.25, 0.3) is 0 Å². The molecule has 3 aliphatic rings. The Labute approximate surface area is 163 Å². The average molecular weight is 388 g/mol. The second-order valence-electron chi connectivity index (χ2n) is 7.53. The predicted molar refractivity (Wildman–Crippen MR) is 105 cm³/mol. The second kappa shape index (κ2) is 6.95. The van der Waals surface area contributed by atoms with E-state index in [1.54, 1.807) is 11.8 Å². The molecule has 1 aromatic rings. The molecule has 1 spiro atoms. The van der Waals surface area contributed by atoms with Crippen molar-refractivity contribution >= 4 is 35.2 Å². The monoisotopic (exact) mass is 387 g/mol. The van der Waals surface area contributed by atoms with Gasteiger partial charge in [0.1, 0.15) is 5.54 Å². The minimum absolute atomic E-state index is 0.119. The first-order valence-electron chi connectivity index (χ1n) is 9.59. The number of carbonyl (C=O) groups excluding carboxylic acids is 3. The number of amides is 3. The Morgan fingerprint density at radius 3 is 2.70 bits per heavy atom. The summed E-state index contributed by atoms with van der Waals surface area (Å²) in [6.45, 7) is 2.48. The van der Waals surface area contributed by atoms with Crippen LogP contribution in [-0.4, -0.2) is 47.2 Å². The molecular weight excluding hydrogens is 362 g/mol. The van der Waals surface area contributed by atoms with Crippen LogP contribution >= 0.6 is 11.8 Å². The minimum Gasteiger partial charge on any atom is -0.324 e. The van der Waals surface area contributed by atoms with Crippen molar-refractivity contribution in [3.05, 3.63) is 29.8 Å². The van der Waals surface area contributed by atoms with Gasteiger partial charge in [0, 0.05) is 23.8 Å². The zero-order valence-corrected chi connectivity index (χ0v) is 16.5. The third-order valence-corrected chi connectivity index (χ3v) is 6.73. The number of nitrogens with zero attached hydrogens (tertiary/aromatic N) is 1. The molecule has 144 valence electrons. The molecule has 0 radical (unpaired) electrons. The number of para-hydroxylation sites is 1. The van der Waals surface area contributed by atoms with Crippen LogP contribution < -0.4 is 10.6 Å². The Bertz CT molecular complexity index is 798. The number of carbonyl (C=O) groups is 3. The number of hydrogen-bond donors (Lipinski definition) is 2.